The average Bonchev–Trinajstić information content (AvgIpc) is 3.89. The number of hydrogen-bond donors (Lipinski definition) is 4. The van der Waals surface area contributed by atoms with Gasteiger partial charge in [0, 0.05) is 53.5 Å². The van der Waals surface area contributed by atoms with Crippen LogP contribution >= 0.6 is 0 Å². The molecule has 2 saturated heterocycles. The van der Waals surface area contributed by atoms with Crippen LogP contribution in [0.1, 0.15) is 126 Å². The second-order valence-corrected chi connectivity index (χ2v) is 23.7. The van der Waals surface area contributed by atoms with Crippen LogP contribution in [0.4, 0.5) is 0 Å². The van der Waals surface area contributed by atoms with Crippen LogP contribution in [0.2, 0.25) is 0 Å². The lowest BCUT2D eigenvalue weighted by molar-refractivity contribution is -0.177. The molecule has 2 heterocycles. The zero-order chi connectivity index (χ0) is 59.4. The van der Waals surface area contributed by atoms with Crippen molar-refractivity contribution in [2.75, 3.05) is 34.7 Å². The number of ether oxygens (including phenoxy) is 1. The van der Waals surface area contributed by atoms with Crippen LogP contribution in [-0.4, -0.2) is 178 Å². The van der Waals surface area contributed by atoms with E-state index in [0.29, 0.717) is 24.8 Å². The summed E-state index contributed by atoms with van der Waals surface area (Å²) < 4.78 is 6.09. The fourth-order valence-electron chi connectivity index (χ4n) is 11.0. The Kier molecular flexibility index (Phi) is 23.6. The molecule has 0 bridgehead atoms. The Bertz CT molecular complexity index is 2430. The molecule has 0 unspecified atom stereocenters. The number of aliphatic hydroxyl groups is 1. The van der Waals surface area contributed by atoms with E-state index in [9.17, 15) is 38.7 Å². The molecule has 79 heavy (non-hydrogen) atoms. The smallest absolute Gasteiger partial charge is 0.332 e. The van der Waals surface area contributed by atoms with E-state index >= 15 is 9.59 Å². The molecule has 4 rings (SSSR count). The number of esters is 1. The number of nitrogens with one attached hydrogen (secondary N) is 3. The van der Waals surface area contributed by atoms with Gasteiger partial charge in [0.05, 0.1) is 5.60 Å². The van der Waals surface area contributed by atoms with Crippen molar-refractivity contribution in [3.8, 4) is 0 Å². The van der Waals surface area contributed by atoms with Gasteiger partial charge in [0.2, 0.25) is 41.4 Å². The zero-order valence-corrected chi connectivity index (χ0v) is 49.8. The molecule has 2 aliphatic rings. The number of cyclic esters (lactones) is 1. The molecule has 0 aromatic heterocycles. The molecule has 0 spiro atoms. The number of fused-ring (bicyclic) bond motifs is 1. The van der Waals surface area contributed by atoms with Crippen molar-refractivity contribution >= 4 is 53.2 Å². The number of benzene rings is 2. The summed E-state index contributed by atoms with van der Waals surface area (Å²) in [6.07, 6.45) is 0.101. The molecule has 19 nitrogen and oxygen atoms in total. The first kappa shape index (κ1) is 65.2. The zero-order valence-electron chi connectivity index (χ0n) is 49.8. The number of carbonyl (C=O) groups excluding carboxylic acids is 9. The minimum atomic E-state index is -1.97. The molecule has 4 N–H and O–H groups in total. The lowest BCUT2D eigenvalue weighted by atomic mass is 9.93. The van der Waals surface area contributed by atoms with E-state index in [4.69, 9.17) is 4.74 Å². The highest BCUT2D eigenvalue weighted by molar-refractivity contribution is 5.99. The van der Waals surface area contributed by atoms with Crippen molar-refractivity contribution in [1.82, 2.24) is 40.4 Å². The van der Waals surface area contributed by atoms with E-state index in [1.807, 2.05) is 57.2 Å². The second kappa shape index (κ2) is 28.7. The normalized spacial score (nSPS) is 26.5. The Balaban J connectivity index is 1.98. The summed E-state index contributed by atoms with van der Waals surface area (Å²) in [6, 6.07) is 8.11. The van der Waals surface area contributed by atoms with Gasteiger partial charge in [-0.3, -0.25) is 38.4 Å². The largest absolute Gasteiger partial charge is 0.450 e. The Morgan fingerprint density at radius 1 is 0.582 bits per heavy atom. The fraction of sp³-hybridized carbons (Fsp3) is 0.650. The van der Waals surface area contributed by atoms with Crippen molar-refractivity contribution in [1.29, 1.82) is 0 Å². The first-order valence-electron chi connectivity index (χ1n) is 28.3. The van der Waals surface area contributed by atoms with E-state index in [0.717, 1.165) is 10.5 Å². The number of nitrogens with zero attached hydrogens (tertiary/aromatic N) is 5. The molecular weight excluding hydrogens is 1010 g/mol. The maximum absolute atomic E-state index is 15.3. The fourth-order valence-corrected chi connectivity index (χ4v) is 11.0. The number of amides is 8. The van der Waals surface area contributed by atoms with Crippen LogP contribution in [0.5, 0.6) is 0 Å². The third-order valence-electron chi connectivity index (χ3n) is 15.8. The van der Waals surface area contributed by atoms with Gasteiger partial charge in [-0.1, -0.05) is 136 Å². The first-order chi connectivity index (χ1) is 37.0. The van der Waals surface area contributed by atoms with Crippen LogP contribution in [0.15, 0.2) is 60.7 Å². The Labute approximate surface area is 469 Å². The van der Waals surface area contributed by atoms with Gasteiger partial charge in [0.25, 0.3) is 5.91 Å². The van der Waals surface area contributed by atoms with Gasteiger partial charge >= 0.3 is 5.97 Å². The molecule has 0 aliphatic carbocycles. The van der Waals surface area contributed by atoms with E-state index in [2.05, 4.69) is 16.0 Å². The number of carbonyl (C=O) groups is 9. The Morgan fingerprint density at radius 3 is 1.54 bits per heavy atom. The highest BCUT2D eigenvalue weighted by Crippen LogP contribution is 2.27. The van der Waals surface area contributed by atoms with E-state index in [1.54, 1.807) is 72.7 Å². The Morgan fingerprint density at radius 2 is 1.06 bits per heavy atom. The van der Waals surface area contributed by atoms with Gasteiger partial charge < -0.3 is 50.3 Å². The molecule has 0 radical (unpaired) electrons. The third-order valence-corrected chi connectivity index (χ3v) is 15.8. The standard InChI is InChI=1S/C60H92N8O11/c1-17-38(9)46-57(75)65(14)47(36(5)6)52(70)61-42(32-35(3)4)55(73)67(16)50(60(11,12)78)59(77)79-49(39(10)18-2)58(76)66(15)48(37(7)8)53(71)62-43(33-40-26-21-19-22-27-40)54(72)64(13)45(34-41-28-23-20-24-29-41)56(74)68-31-25-30-44(68)51(69)63-46/h19-24,26-29,35-39,42-50,78H,17-18,25,30-34H2,1-16H3,(H,61,70)(H,62,71)(H,63,69)/t38-,39-,42-,43-,44-,45-,46-,47+,48-,49+,50+/m0/s1. The van der Waals surface area contributed by atoms with Crippen LogP contribution in [0.3, 0.4) is 0 Å². The van der Waals surface area contributed by atoms with Crippen LogP contribution in [0, 0.1) is 29.6 Å². The highest BCUT2D eigenvalue weighted by atomic mass is 16.6. The first-order valence-corrected chi connectivity index (χ1v) is 28.3. The average molecular weight is 1100 g/mol. The van der Waals surface area contributed by atoms with Crippen LogP contribution < -0.4 is 16.0 Å². The van der Waals surface area contributed by atoms with E-state index in [-0.39, 0.29) is 38.1 Å². The molecule has 2 aromatic rings. The number of rotatable bonds is 13. The highest BCUT2D eigenvalue weighted by Gasteiger charge is 2.48. The van der Waals surface area contributed by atoms with Gasteiger partial charge in [-0.25, -0.2) is 4.79 Å². The van der Waals surface area contributed by atoms with Crippen molar-refractivity contribution in [3.63, 3.8) is 0 Å². The van der Waals surface area contributed by atoms with E-state index < -0.39 is 137 Å². The maximum atomic E-state index is 15.3. The molecular formula is C60H92N8O11. The van der Waals surface area contributed by atoms with E-state index in [1.165, 1.54) is 61.6 Å². The lowest BCUT2D eigenvalue weighted by Gasteiger charge is -2.39. The summed E-state index contributed by atoms with van der Waals surface area (Å²) >= 11 is 0. The van der Waals surface area contributed by atoms with Crippen molar-refractivity contribution in [2.45, 2.75) is 188 Å². The molecule has 11 atom stereocenters. The lowest BCUT2D eigenvalue weighted by Crippen LogP contribution is -2.63. The van der Waals surface area contributed by atoms with Gasteiger partial charge in [0.15, 0.2) is 12.1 Å². The summed E-state index contributed by atoms with van der Waals surface area (Å²) in [4.78, 5) is 140. The van der Waals surface area contributed by atoms with Gasteiger partial charge in [-0.05, 0) is 74.3 Å². The second-order valence-electron chi connectivity index (χ2n) is 23.7. The van der Waals surface area contributed by atoms with Crippen molar-refractivity contribution in [2.24, 2.45) is 29.6 Å². The molecule has 8 amide bonds. The Hall–Kier alpha value is -6.37. The predicted molar refractivity (Wildman–Crippen MR) is 301 cm³/mol. The van der Waals surface area contributed by atoms with Gasteiger partial charge in [-0.15, -0.1) is 0 Å². The van der Waals surface area contributed by atoms with Gasteiger partial charge in [0.1, 0.15) is 42.3 Å². The predicted octanol–water partition coefficient (Wildman–Crippen LogP) is 4.37. The molecule has 2 fully saturated rings. The molecule has 19 heteroatoms. The van der Waals surface area contributed by atoms with Crippen LogP contribution in [0.25, 0.3) is 0 Å². The molecule has 2 aliphatic heterocycles. The maximum Gasteiger partial charge on any atom is 0.332 e. The minimum Gasteiger partial charge on any atom is -0.450 e. The third kappa shape index (κ3) is 16.4. The number of hydrogen-bond acceptors (Lipinski definition) is 11. The monoisotopic (exact) mass is 1100 g/mol. The number of likely N-dealkylation sites (N-methyl/N-ethyl adjacent to an activating group) is 4. The SMILES string of the molecule is CC[C@H](C)[C@@H]1NC(=O)[C@@H]2CCCN2C(=O)[C@H](Cc2ccccc2)N(C)C(=O)[C@H](Cc2ccccc2)NC(=O)[C@H](C(C)C)N(C)C(=O)[C@@H]([C@@H](C)CC)OC(=O)[C@H](C(C)(C)O)N(C)C(=O)[C@H](CC(C)C)NC(=O)[C@@H](C(C)C)N(C)C1=O. The van der Waals surface area contributed by atoms with Gasteiger partial charge in [-0.2, -0.15) is 0 Å². The van der Waals surface area contributed by atoms with Crippen molar-refractivity contribution in [3.05, 3.63) is 71.8 Å². The molecule has 2 aromatic carbocycles. The summed E-state index contributed by atoms with van der Waals surface area (Å²) in [5, 5.41) is 20.5. The molecule has 438 valence electrons. The van der Waals surface area contributed by atoms with Crippen molar-refractivity contribution < 1.29 is 53.0 Å². The summed E-state index contributed by atoms with van der Waals surface area (Å²) in [7, 11) is 5.67. The van der Waals surface area contributed by atoms with Crippen LogP contribution in [-0.2, 0) is 60.7 Å². The summed E-state index contributed by atoms with van der Waals surface area (Å²) in [5.74, 6) is -8.65. The summed E-state index contributed by atoms with van der Waals surface area (Å²) in [6.45, 7) is 20.6. The quantitative estimate of drug-likeness (QED) is 0.206. The topological polar surface area (TPSA) is 235 Å². The molecule has 0 saturated carbocycles. The summed E-state index contributed by atoms with van der Waals surface area (Å²) in [5.41, 5.74) is -0.551. The minimum absolute atomic E-state index is 0.00676.